The number of nitrogens with one attached hydrogen (secondary N) is 1. The molecule has 0 aliphatic carbocycles. The van der Waals surface area contributed by atoms with Gasteiger partial charge in [-0.1, -0.05) is 12.1 Å². The second-order valence-electron chi connectivity index (χ2n) is 3.35. The molecule has 0 saturated heterocycles. The number of rotatable bonds is 3. The van der Waals surface area contributed by atoms with Crippen LogP contribution in [0.15, 0.2) is 36.5 Å². The van der Waals surface area contributed by atoms with Crippen LogP contribution in [0.2, 0.25) is 0 Å². The Morgan fingerprint density at radius 3 is 2.94 bits per heavy atom. The predicted octanol–water partition coefficient (Wildman–Crippen LogP) is 2.28. The van der Waals surface area contributed by atoms with Crippen molar-refractivity contribution >= 4 is 5.82 Å². The lowest BCUT2D eigenvalue weighted by molar-refractivity contribution is 0.475. The van der Waals surface area contributed by atoms with E-state index in [0.29, 0.717) is 5.82 Å². The normalized spacial score (nSPS) is 10.1. The molecule has 1 heterocycles. The van der Waals surface area contributed by atoms with Gasteiger partial charge >= 0.3 is 0 Å². The lowest BCUT2D eigenvalue weighted by atomic mass is 10.2. The van der Waals surface area contributed by atoms with Crippen molar-refractivity contribution < 1.29 is 5.11 Å². The first kappa shape index (κ1) is 10.4. The first-order chi connectivity index (χ1) is 7.79. The van der Waals surface area contributed by atoms with E-state index >= 15 is 0 Å². The largest absolute Gasteiger partial charge is 0.508 e. The van der Waals surface area contributed by atoms with Crippen LogP contribution in [0.1, 0.15) is 6.92 Å². The monoisotopic (exact) mass is 215 g/mol. The quantitative estimate of drug-likeness (QED) is 0.824. The SMILES string of the molecule is CCNc1ccnc(-c2cccc(O)c2)n1. The van der Waals surface area contributed by atoms with Gasteiger partial charge in [0.1, 0.15) is 11.6 Å². The van der Waals surface area contributed by atoms with E-state index < -0.39 is 0 Å². The van der Waals surface area contributed by atoms with E-state index in [2.05, 4.69) is 15.3 Å². The second kappa shape index (κ2) is 4.61. The van der Waals surface area contributed by atoms with Crippen molar-refractivity contribution in [2.75, 3.05) is 11.9 Å². The van der Waals surface area contributed by atoms with Crippen molar-refractivity contribution in [3.05, 3.63) is 36.5 Å². The molecule has 0 aliphatic rings. The molecule has 4 heteroatoms. The van der Waals surface area contributed by atoms with E-state index in [-0.39, 0.29) is 5.75 Å². The van der Waals surface area contributed by atoms with E-state index in [1.54, 1.807) is 24.4 Å². The summed E-state index contributed by atoms with van der Waals surface area (Å²) in [5, 5.41) is 12.5. The van der Waals surface area contributed by atoms with Crippen LogP contribution < -0.4 is 5.32 Å². The number of aromatic nitrogens is 2. The zero-order chi connectivity index (χ0) is 11.4. The highest BCUT2D eigenvalue weighted by molar-refractivity contribution is 5.58. The van der Waals surface area contributed by atoms with Gasteiger partial charge in [-0.05, 0) is 25.1 Å². The number of nitrogens with zero attached hydrogens (tertiary/aromatic N) is 2. The molecule has 0 unspecified atom stereocenters. The highest BCUT2D eigenvalue weighted by atomic mass is 16.3. The van der Waals surface area contributed by atoms with Gasteiger partial charge in [-0.3, -0.25) is 0 Å². The lowest BCUT2D eigenvalue weighted by Crippen LogP contribution is -2.00. The molecule has 2 aromatic rings. The average Bonchev–Trinajstić information content (AvgIpc) is 2.30. The summed E-state index contributed by atoms with van der Waals surface area (Å²) in [6.07, 6.45) is 1.70. The Kier molecular flexibility index (Phi) is 3.00. The Morgan fingerprint density at radius 1 is 1.31 bits per heavy atom. The summed E-state index contributed by atoms with van der Waals surface area (Å²) >= 11 is 0. The molecule has 0 fully saturated rings. The summed E-state index contributed by atoms with van der Waals surface area (Å²) in [5.41, 5.74) is 0.805. The second-order valence-corrected chi connectivity index (χ2v) is 3.35. The molecule has 0 radical (unpaired) electrons. The third-order valence-corrected chi connectivity index (χ3v) is 2.12. The molecule has 82 valence electrons. The Hall–Kier alpha value is -2.10. The number of benzene rings is 1. The van der Waals surface area contributed by atoms with Crippen molar-refractivity contribution in [1.82, 2.24) is 9.97 Å². The Morgan fingerprint density at radius 2 is 2.19 bits per heavy atom. The van der Waals surface area contributed by atoms with Gasteiger partial charge in [0.15, 0.2) is 5.82 Å². The number of hydrogen-bond donors (Lipinski definition) is 2. The predicted molar refractivity (Wildman–Crippen MR) is 63.3 cm³/mol. The molecule has 16 heavy (non-hydrogen) atoms. The third kappa shape index (κ3) is 2.28. The van der Waals surface area contributed by atoms with Crippen LogP contribution in [-0.4, -0.2) is 21.6 Å². The molecule has 2 N–H and O–H groups in total. The van der Waals surface area contributed by atoms with Gasteiger partial charge in [-0.25, -0.2) is 9.97 Å². The zero-order valence-electron chi connectivity index (χ0n) is 9.01. The van der Waals surface area contributed by atoms with Gasteiger partial charge in [0.25, 0.3) is 0 Å². The minimum Gasteiger partial charge on any atom is -0.508 e. The maximum absolute atomic E-state index is 9.38. The summed E-state index contributed by atoms with van der Waals surface area (Å²) in [7, 11) is 0. The number of phenolic OH excluding ortho intramolecular Hbond substituents is 1. The Balaban J connectivity index is 2.36. The first-order valence-corrected chi connectivity index (χ1v) is 5.16. The summed E-state index contributed by atoms with van der Waals surface area (Å²) in [4.78, 5) is 8.51. The summed E-state index contributed by atoms with van der Waals surface area (Å²) in [6, 6.07) is 8.72. The van der Waals surface area contributed by atoms with Crippen molar-refractivity contribution in [3.63, 3.8) is 0 Å². The minimum absolute atomic E-state index is 0.218. The molecule has 0 amide bonds. The fourth-order valence-corrected chi connectivity index (χ4v) is 1.42. The van der Waals surface area contributed by atoms with Crippen LogP contribution >= 0.6 is 0 Å². The van der Waals surface area contributed by atoms with Crippen molar-refractivity contribution in [2.24, 2.45) is 0 Å². The zero-order valence-corrected chi connectivity index (χ0v) is 9.01. The van der Waals surface area contributed by atoms with E-state index in [0.717, 1.165) is 17.9 Å². The molecule has 0 atom stereocenters. The molecule has 2 rings (SSSR count). The van der Waals surface area contributed by atoms with Crippen LogP contribution in [0.3, 0.4) is 0 Å². The smallest absolute Gasteiger partial charge is 0.161 e. The van der Waals surface area contributed by atoms with Crippen LogP contribution in [0.4, 0.5) is 5.82 Å². The molecule has 1 aromatic carbocycles. The van der Waals surface area contributed by atoms with Crippen molar-refractivity contribution in [2.45, 2.75) is 6.92 Å². The van der Waals surface area contributed by atoms with Gasteiger partial charge in [0, 0.05) is 18.3 Å². The van der Waals surface area contributed by atoms with Crippen molar-refractivity contribution in [3.8, 4) is 17.1 Å². The summed E-state index contributed by atoms with van der Waals surface area (Å²) < 4.78 is 0. The standard InChI is InChI=1S/C12H13N3O/c1-2-13-11-6-7-14-12(15-11)9-4-3-5-10(16)8-9/h3-8,16H,2H2,1H3,(H,13,14,15). The molecular weight excluding hydrogens is 202 g/mol. The molecular formula is C12H13N3O. The topological polar surface area (TPSA) is 58.0 Å². The van der Waals surface area contributed by atoms with Crippen LogP contribution in [0, 0.1) is 0 Å². The van der Waals surface area contributed by atoms with Crippen LogP contribution in [0.25, 0.3) is 11.4 Å². The summed E-state index contributed by atoms with van der Waals surface area (Å²) in [5.74, 6) is 1.61. The fourth-order valence-electron chi connectivity index (χ4n) is 1.42. The van der Waals surface area contributed by atoms with Crippen molar-refractivity contribution in [1.29, 1.82) is 0 Å². The maximum Gasteiger partial charge on any atom is 0.161 e. The van der Waals surface area contributed by atoms with Gasteiger partial charge in [0.2, 0.25) is 0 Å². The van der Waals surface area contributed by atoms with Gasteiger partial charge in [0.05, 0.1) is 0 Å². The number of aromatic hydroxyl groups is 1. The highest BCUT2D eigenvalue weighted by Gasteiger charge is 2.02. The number of hydrogen-bond acceptors (Lipinski definition) is 4. The van der Waals surface area contributed by atoms with E-state index in [4.69, 9.17) is 0 Å². The molecule has 0 bridgehead atoms. The van der Waals surface area contributed by atoms with E-state index in [1.165, 1.54) is 0 Å². The Labute approximate surface area is 94.0 Å². The molecule has 0 aliphatic heterocycles. The molecule has 0 spiro atoms. The first-order valence-electron chi connectivity index (χ1n) is 5.16. The van der Waals surface area contributed by atoms with E-state index in [9.17, 15) is 5.11 Å². The average molecular weight is 215 g/mol. The maximum atomic E-state index is 9.38. The van der Waals surface area contributed by atoms with Gasteiger partial charge < -0.3 is 10.4 Å². The fraction of sp³-hybridized carbons (Fsp3) is 0.167. The van der Waals surface area contributed by atoms with Gasteiger partial charge in [-0.15, -0.1) is 0 Å². The van der Waals surface area contributed by atoms with E-state index in [1.807, 2.05) is 19.1 Å². The van der Waals surface area contributed by atoms with Crippen LogP contribution in [-0.2, 0) is 0 Å². The molecule has 0 saturated carbocycles. The summed E-state index contributed by atoms with van der Waals surface area (Å²) in [6.45, 7) is 2.83. The lowest BCUT2D eigenvalue weighted by Gasteiger charge is -2.04. The third-order valence-electron chi connectivity index (χ3n) is 2.12. The van der Waals surface area contributed by atoms with Gasteiger partial charge in [-0.2, -0.15) is 0 Å². The molecule has 1 aromatic heterocycles. The number of anilines is 1. The minimum atomic E-state index is 0.218. The molecule has 4 nitrogen and oxygen atoms in total. The Bertz CT molecular complexity index is 485. The van der Waals surface area contributed by atoms with Crippen LogP contribution in [0.5, 0.6) is 5.75 Å². The highest BCUT2D eigenvalue weighted by Crippen LogP contribution is 2.20. The number of phenols is 1.